The molecule has 2 N–H and O–H groups in total. The largest absolute Gasteiger partial charge is 0.480 e. The number of β-amino-alcohol motifs (C(OH)–C–C–N with tert-alkyl or cyclic N) is 1. The molecular weight excluding hydrogens is 248 g/mol. The molecule has 0 aromatic heterocycles. The Kier molecular flexibility index (Phi) is 3.99. The Labute approximate surface area is 113 Å². The zero-order chi connectivity index (χ0) is 14.2. The Morgan fingerprint density at radius 1 is 1.16 bits per heavy atom. The third-order valence-corrected chi connectivity index (χ3v) is 4.22. The van der Waals surface area contributed by atoms with E-state index >= 15 is 0 Å². The van der Waals surface area contributed by atoms with Gasteiger partial charge in [-0.2, -0.15) is 0 Å². The zero-order valence-corrected chi connectivity index (χ0v) is 11.5. The molecule has 2 saturated heterocycles. The normalized spacial score (nSPS) is 35.5. The number of urea groups is 1. The summed E-state index contributed by atoms with van der Waals surface area (Å²) in [7, 11) is 0. The molecule has 0 aromatic rings. The lowest BCUT2D eigenvalue weighted by molar-refractivity contribution is -0.141. The van der Waals surface area contributed by atoms with Crippen LogP contribution in [0.2, 0.25) is 0 Å². The van der Waals surface area contributed by atoms with Gasteiger partial charge in [-0.15, -0.1) is 0 Å². The van der Waals surface area contributed by atoms with Gasteiger partial charge in [-0.05, 0) is 33.1 Å². The minimum Gasteiger partial charge on any atom is -0.480 e. The van der Waals surface area contributed by atoms with Gasteiger partial charge in [0.05, 0.1) is 6.10 Å². The second-order valence-electron chi connectivity index (χ2n) is 5.71. The molecular formula is C13H22N2O4. The average Bonchev–Trinajstić information content (AvgIpc) is 2.71. The van der Waals surface area contributed by atoms with Gasteiger partial charge in [0.15, 0.2) is 0 Å². The maximum atomic E-state index is 12.6. The first-order valence-corrected chi connectivity index (χ1v) is 6.91. The molecule has 0 aromatic carbocycles. The highest BCUT2D eigenvalue weighted by Gasteiger charge is 2.42. The molecule has 6 nitrogen and oxygen atoms in total. The number of carboxylic acids is 1. The van der Waals surface area contributed by atoms with Gasteiger partial charge in [0.2, 0.25) is 0 Å². The lowest BCUT2D eigenvalue weighted by Gasteiger charge is -2.41. The molecule has 108 valence electrons. The van der Waals surface area contributed by atoms with Crippen molar-refractivity contribution in [3.8, 4) is 0 Å². The molecule has 0 spiro atoms. The summed E-state index contributed by atoms with van der Waals surface area (Å²) in [6.07, 6.45) is 2.38. The lowest BCUT2D eigenvalue weighted by atomic mass is 9.98. The predicted octanol–water partition coefficient (Wildman–Crippen LogP) is 0.889. The van der Waals surface area contributed by atoms with Gasteiger partial charge in [-0.1, -0.05) is 0 Å². The lowest BCUT2D eigenvalue weighted by Crippen LogP contribution is -2.55. The van der Waals surface area contributed by atoms with E-state index in [-0.39, 0.29) is 31.1 Å². The molecule has 2 aliphatic rings. The smallest absolute Gasteiger partial charge is 0.326 e. The van der Waals surface area contributed by atoms with Crippen LogP contribution >= 0.6 is 0 Å². The molecule has 19 heavy (non-hydrogen) atoms. The van der Waals surface area contributed by atoms with Crippen LogP contribution < -0.4 is 0 Å². The number of amides is 2. The molecule has 4 atom stereocenters. The van der Waals surface area contributed by atoms with Crippen molar-refractivity contribution in [3.63, 3.8) is 0 Å². The minimum absolute atomic E-state index is 0.117. The Morgan fingerprint density at radius 3 is 2.26 bits per heavy atom. The van der Waals surface area contributed by atoms with Crippen LogP contribution in [0.5, 0.6) is 0 Å². The van der Waals surface area contributed by atoms with Crippen molar-refractivity contribution in [1.82, 2.24) is 9.80 Å². The Hall–Kier alpha value is -1.30. The van der Waals surface area contributed by atoms with Gasteiger partial charge in [0.1, 0.15) is 6.04 Å². The van der Waals surface area contributed by atoms with Crippen molar-refractivity contribution in [1.29, 1.82) is 0 Å². The summed E-state index contributed by atoms with van der Waals surface area (Å²) in [6, 6.07) is -0.889. The van der Waals surface area contributed by atoms with Gasteiger partial charge >= 0.3 is 12.0 Å². The number of piperidine rings is 1. The van der Waals surface area contributed by atoms with Gasteiger partial charge in [-0.25, -0.2) is 9.59 Å². The number of carbonyl (C=O) groups is 2. The molecule has 0 bridgehead atoms. The second kappa shape index (κ2) is 5.36. The number of hydrogen-bond donors (Lipinski definition) is 2. The van der Waals surface area contributed by atoms with Gasteiger partial charge in [0, 0.05) is 25.0 Å². The maximum absolute atomic E-state index is 12.6. The Morgan fingerprint density at radius 2 is 1.74 bits per heavy atom. The molecule has 3 unspecified atom stereocenters. The number of rotatable bonds is 1. The molecule has 0 saturated carbocycles. The Balaban J connectivity index is 2.15. The number of aliphatic hydroxyl groups excluding tert-OH is 1. The summed E-state index contributed by atoms with van der Waals surface area (Å²) in [4.78, 5) is 26.8. The van der Waals surface area contributed by atoms with Gasteiger partial charge in [0.25, 0.3) is 0 Å². The molecule has 2 rings (SSSR count). The standard InChI is InChI=1S/C13H22N2O4/c1-8-4-3-5-9(2)15(8)13(19)14-7-10(16)6-11(14)12(17)18/h8-11,16H,3-7H2,1-2H3,(H,17,18)/t8?,9?,10?,11-/m0/s1. The van der Waals surface area contributed by atoms with E-state index in [2.05, 4.69) is 0 Å². The summed E-state index contributed by atoms with van der Waals surface area (Å²) < 4.78 is 0. The minimum atomic E-state index is -1.04. The molecule has 2 aliphatic heterocycles. The molecule has 2 fully saturated rings. The fourth-order valence-corrected chi connectivity index (χ4v) is 3.21. The third kappa shape index (κ3) is 2.68. The molecule has 2 amide bonds. The van der Waals surface area contributed by atoms with Crippen LogP contribution in [0, 0.1) is 0 Å². The number of aliphatic carboxylic acids is 1. The van der Waals surface area contributed by atoms with Crippen LogP contribution in [0.15, 0.2) is 0 Å². The van der Waals surface area contributed by atoms with E-state index in [1.54, 1.807) is 4.90 Å². The number of hydrogen-bond acceptors (Lipinski definition) is 3. The monoisotopic (exact) mass is 270 g/mol. The number of carbonyl (C=O) groups excluding carboxylic acids is 1. The second-order valence-corrected chi connectivity index (χ2v) is 5.71. The van der Waals surface area contributed by atoms with Crippen molar-refractivity contribution in [3.05, 3.63) is 0 Å². The molecule has 0 radical (unpaired) electrons. The van der Waals surface area contributed by atoms with E-state index in [1.807, 2.05) is 13.8 Å². The van der Waals surface area contributed by atoms with Crippen molar-refractivity contribution < 1.29 is 19.8 Å². The van der Waals surface area contributed by atoms with E-state index in [0.29, 0.717) is 0 Å². The van der Waals surface area contributed by atoms with Gasteiger partial charge in [-0.3, -0.25) is 0 Å². The van der Waals surface area contributed by atoms with Crippen molar-refractivity contribution in [2.24, 2.45) is 0 Å². The van der Waals surface area contributed by atoms with Gasteiger partial charge < -0.3 is 20.0 Å². The van der Waals surface area contributed by atoms with Crippen molar-refractivity contribution in [2.45, 2.75) is 63.8 Å². The van der Waals surface area contributed by atoms with Crippen LogP contribution in [0.25, 0.3) is 0 Å². The van der Waals surface area contributed by atoms with Crippen LogP contribution in [-0.2, 0) is 4.79 Å². The van der Waals surface area contributed by atoms with E-state index < -0.39 is 18.1 Å². The van der Waals surface area contributed by atoms with Crippen LogP contribution in [0.1, 0.15) is 39.5 Å². The highest BCUT2D eigenvalue weighted by molar-refractivity contribution is 5.84. The number of carboxylic acid groups (broad SMARTS) is 1. The van der Waals surface area contributed by atoms with E-state index in [9.17, 15) is 14.7 Å². The van der Waals surface area contributed by atoms with Crippen molar-refractivity contribution >= 4 is 12.0 Å². The maximum Gasteiger partial charge on any atom is 0.326 e. The van der Waals surface area contributed by atoms with E-state index in [0.717, 1.165) is 19.3 Å². The SMILES string of the molecule is CC1CCCC(C)N1C(=O)N1CC(O)C[C@H]1C(=O)O. The first kappa shape index (κ1) is 14.1. The quantitative estimate of drug-likeness (QED) is 0.741. The first-order chi connectivity index (χ1) is 8.91. The summed E-state index contributed by atoms with van der Waals surface area (Å²) in [5.74, 6) is -1.04. The molecule has 2 heterocycles. The first-order valence-electron chi connectivity index (χ1n) is 6.91. The topological polar surface area (TPSA) is 81.1 Å². The summed E-state index contributed by atoms with van der Waals surface area (Å²) in [5.41, 5.74) is 0. The zero-order valence-electron chi connectivity index (χ0n) is 11.5. The van der Waals surface area contributed by atoms with Crippen LogP contribution in [-0.4, -0.2) is 62.8 Å². The number of nitrogens with zero attached hydrogens (tertiary/aromatic N) is 2. The third-order valence-electron chi connectivity index (χ3n) is 4.22. The summed E-state index contributed by atoms with van der Waals surface area (Å²) in [6.45, 7) is 4.11. The van der Waals surface area contributed by atoms with E-state index in [4.69, 9.17) is 5.11 Å². The number of aliphatic hydroxyl groups is 1. The van der Waals surface area contributed by atoms with Crippen LogP contribution in [0.4, 0.5) is 4.79 Å². The molecule has 0 aliphatic carbocycles. The highest BCUT2D eigenvalue weighted by atomic mass is 16.4. The Bertz CT molecular complexity index is 364. The highest BCUT2D eigenvalue weighted by Crippen LogP contribution is 2.27. The summed E-state index contributed by atoms with van der Waals surface area (Å²) >= 11 is 0. The predicted molar refractivity (Wildman–Crippen MR) is 68.8 cm³/mol. The number of likely N-dealkylation sites (tertiary alicyclic amines) is 2. The average molecular weight is 270 g/mol. The molecule has 6 heteroatoms. The van der Waals surface area contributed by atoms with Crippen molar-refractivity contribution in [2.75, 3.05) is 6.54 Å². The van der Waals surface area contributed by atoms with Crippen LogP contribution in [0.3, 0.4) is 0 Å². The fourth-order valence-electron chi connectivity index (χ4n) is 3.21. The summed E-state index contributed by atoms with van der Waals surface area (Å²) in [5, 5.41) is 18.8. The fraction of sp³-hybridized carbons (Fsp3) is 0.846. The van der Waals surface area contributed by atoms with E-state index in [1.165, 1.54) is 4.90 Å².